The van der Waals surface area contributed by atoms with Gasteiger partial charge in [-0.25, -0.2) is 0 Å². The molecular formula is C19H24N4O3. The number of anilines is 1. The van der Waals surface area contributed by atoms with Gasteiger partial charge >= 0.3 is 0 Å². The average molecular weight is 356 g/mol. The number of piperidine rings is 1. The van der Waals surface area contributed by atoms with Crippen LogP contribution in [0.1, 0.15) is 23.2 Å². The van der Waals surface area contributed by atoms with Crippen LogP contribution in [0.25, 0.3) is 11.3 Å². The van der Waals surface area contributed by atoms with Gasteiger partial charge in [-0.2, -0.15) is 0 Å². The molecule has 0 saturated carbocycles. The van der Waals surface area contributed by atoms with Crippen LogP contribution in [0.2, 0.25) is 0 Å². The van der Waals surface area contributed by atoms with E-state index in [1.54, 1.807) is 0 Å². The molecule has 26 heavy (non-hydrogen) atoms. The van der Waals surface area contributed by atoms with Crippen LogP contribution >= 0.6 is 0 Å². The lowest BCUT2D eigenvalue weighted by atomic mass is 10.0. The largest absolute Gasteiger partial charge is 0.378 e. The van der Waals surface area contributed by atoms with E-state index in [9.17, 15) is 4.79 Å². The molecule has 138 valence electrons. The highest BCUT2D eigenvalue weighted by molar-refractivity contribution is 6.04. The van der Waals surface area contributed by atoms with Crippen molar-refractivity contribution in [1.29, 1.82) is 0 Å². The molecule has 7 heteroatoms. The van der Waals surface area contributed by atoms with E-state index in [1.165, 1.54) is 0 Å². The van der Waals surface area contributed by atoms with Crippen LogP contribution in [0.3, 0.4) is 0 Å². The fraction of sp³-hybridized carbons (Fsp3) is 0.474. The molecule has 3 heterocycles. The first-order valence-corrected chi connectivity index (χ1v) is 9.22. The summed E-state index contributed by atoms with van der Waals surface area (Å²) in [5.41, 5.74) is 1.38. The third kappa shape index (κ3) is 3.59. The van der Waals surface area contributed by atoms with Crippen LogP contribution in [-0.4, -0.2) is 56.5 Å². The second kappa shape index (κ2) is 7.88. The number of morpholine rings is 1. The fourth-order valence-corrected chi connectivity index (χ4v) is 3.49. The van der Waals surface area contributed by atoms with Gasteiger partial charge in [0.2, 0.25) is 0 Å². The molecule has 2 aliphatic heterocycles. The maximum absolute atomic E-state index is 13.1. The predicted molar refractivity (Wildman–Crippen MR) is 98.3 cm³/mol. The minimum Gasteiger partial charge on any atom is -0.378 e. The van der Waals surface area contributed by atoms with Gasteiger partial charge in [0.1, 0.15) is 5.56 Å². The maximum Gasteiger partial charge on any atom is 0.259 e. The van der Waals surface area contributed by atoms with E-state index in [4.69, 9.17) is 9.26 Å². The van der Waals surface area contributed by atoms with E-state index < -0.39 is 0 Å². The molecule has 2 aliphatic rings. The zero-order valence-corrected chi connectivity index (χ0v) is 14.7. The third-order valence-electron chi connectivity index (χ3n) is 4.92. The van der Waals surface area contributed by atoms with Gasteiger partial charge in [0.05, 0.1) is 13.2 Å². The van der Waals surface area contributed by atoms with E-state index in [0.29, 0.717) is 43.4 Å². The minimum atomic E-state index is -0.113. The molecule has 0 unspecified atom stereocenters. The average Bonchev–Trinajstić information content (AvgIpc) is 3.15. The number of aromatic nitrogens is 1. The number of hydrogen-bond donors (Lipinski definition) is 2. The molecule has 2 aromatic rings. The van der Waals surface area contributed by atoms with Crippen molar-refractivity contribution in [3.05, 3.63) is 35.9 Å². The quantitative estimate of drug-likeness (QED) is 0.867. The summed E-state index contributed by atoms with van der Waals surface area (Å²) in [5, 5.41) is 10.7. The summed E-state index contributed by atoms with van der Waals surface area (Å²) in [4.78, 5) is 15.2. The second-order valence-corrected chi connectivity index (χ2v) is 6.67. The summed E-state index contributed by atoms with van der Waals surface area (Å²) >= 11 is 0. The Morgan fingerprint density at radius 3 is 2.62 bits per heavy atom. The number of nitrogens with zero attached hydrogens (tertiary/aromatic N) is 2. The fourth-order valence-electron chi connectivity index (χ4n) is 3.49. The highest BCUT2D eigenvalue weighted by Crippen LogP contribution is 2.32. The molecule has 0 aliphatic carbocycles. The number of rotatable bonds is 4. The molecular weight excluding hydrogens is 332 g/mol. The number of carbonyl (C=O) groups is 1. The Kier molecular flexibility index (Phi) is 5.17. The lowest BCUT2D eigenvalue weighted by Gasteiger charge is -2.28. The molecule has 4 rings (SSSR count). The molecule has 0 atom stereocenters. The molecule has 1 aromatic heterocycles. The highest BCUT2D eigenvalue weighted by Gasteiger charge is 2.30. The Labute approximate surface area is 152 Å². The smallest absolute Gasteiger partial charge is 0.259 e. The van der Waals surface area contributed by atoms with Crippen LogP contribution in [0.5, 0.6) is 0 Å². The van der Waals surface area contributed by atoms with Gasteiger partial charge in [-0.15, -0.1) is 0 Å². The number of nitrogens with one attached hydrogen (secondary N) is 2. The third-order valence-corrected chi connectivity index (χ3v) is 4.92. The Morgan fingerprint density at radius 2 is 1.88 bits per heavy atom. The first-order chi connectivity index (χ1) is 12.8. The van der Waals surface area contributed by atoms with E-state index >= 15 is 0 Å². The van der Waals surface area contributed by atoms with Crippen LogP contribution < -0.4 is 15.5 Å². The standard InChI is InChI=1S/C19H24N4O3/c24-19(21-15-6-8-20-9-7-15)16-17(14-4-2-1-3-5-14)26-22-18(16)23-10-12-25-13-11-23/h1-5,15,20H,6-13H2,(H,21,24). The van der Waals surface area contributed by atoms with E-state index in [1.807, 2.05) is 30.3 Å². The minimum absolute atomic E-state index is 0.113. The lowest BCUT2D eigenvalue weighted by molar-refractivity contribution is 0.0928. The number of carbonyl (C=O) groups excluding carboxylic acids is 1. The van der Waals surface area contributed by atoms with E-state index in [2.05, 4.69) is 20.7 Å². The molecule has 7 nitrogen and oxygen atoms in total. The van der Waals surface area contributed by atoms with Crippen molar-refractivity contribution in [3.8, 4) is 11.3 Å². The Bertz CT molecular complexity index is 734. The van der Waals surface area contributed by atoms with E-state index in [-0.39, 0.29) is 11.9 Å². The van der Waals surface area contributed by atoms with Gasteiger partial charge in [0.25, 0.3) is 5.91 Å². The first kappa shape index (κ1) is 17.1. The molecule has 0 spiro atoms. The molecule has 2 N–H and O–H groups in total. The van der Waals surface area contributed by atoms with Crippen molar-refractivity contribution in [2.75, 3.05) is 44.3 Å². The number of benzene rings is 1. The van der Waals surface area contributed by atoms with Gasteiger partial charge in [-0.1, -0.05) is 35.5 Å². The van der Waals surface area contributed by atoms with Crippen molar-refractivity contribution in [1.82, 2.24) is 15.8 Å². The summed E-state index contributed by atoms with van der Waals surface area (Å²) in [6, 6.07) is 9.86. The van der Waals surface area contributed by atoms with Gasteiger partial charge < -0.3 is 24.8 Å². The first-order valence-electron chi connectivity index (χ1n) is 9.22. The SMILES string of the molecule is O=C(NC1CCNCC1)c1c(N2CCOCC2)noc1-c1ccccc1. The van der Waals surface area contributed by atoms with Crippen molar-refractivity contribution in [3.63, 3.8) is 0 Å². The number of ether oxygens (including phenoxy) is 1. The second-order valence-electron chi connectivity index (χ2n) is 6.67. The van der Waals surface area contributed by atoms with Gasteiger partial charge in [0, 0.05) is 24.7 Å². The lowest BCUT2D eigenvalue weighted by Crippen LogP contribution is -2.43. The van der Waals surface area contributed by atoms with Crippen LogP contribution in [0.15, 0.2) is 34.9 Å². The summed E-state index contributed by atoms with van der Waals surface area (Å²) in [5.74, 6) is 1.02. The van der Waals surface area contributed by atoms with Crippen molar-refractivity contribution in [2.24, 2.45) is 0 Å². The normalized spacial score (nSPS) is 18.7. The van der Waals surface area contributed by atoms with Crippen LogP contribution in [0, 0.1) is 0 Å². The summed E-state index contributed by atoms with van der Waals surface area (Å²) in [6.45, 7) is 4.52. The van der Waals surface area contributed by atoms with Gasteiger partial charge in [-0.3, -0.25) is 4.79 Å². The summed E-state index contributed by atoms with van der Waals surface area (Å²) in [6.07, 6.45) is 1.87. The maximum atomic E-state index is 13.1. The molecule has 0 bridgehead atoms. The van der Waals surface area contributed by atoms with E-state index in [0.717, 1.165) is 31.5 Å². The zero-order chi connectivity index (χ0) is 17.8. The molecule has 2 saturated heterocycles. The number of hydrogen-bond acceptors (Lipinski definition) is 6. The van der Waals surface area contributed by atoms with Crippen molar-refractivity contribution >= 4 is 11.7 Å². The monoisotopic (exact) mass is 356 g/mol. The van der Waals surface area contributed by atoms with Crippen LogP contribution in [0.4, 0.5) is 5.82 Å². The number of amides is 1. The topological polar surface area (TPSA) is 79.6 Å². The highest BCUT2D eigenvalue weighted by atomic mass is 16.5. The Morgan fingerprint density at radius 1 is 1.15 bits per heavy atom. The zero-order valence-electron chi connectivity index (χ0n) is 14.7. The predicted octanol–water partition coefficient (Wildman–Crippen LogP) is 1.66. The summed E-state index contributed by atoms with van der Waals surface area (Å²) in [7, 11) is 0. The van der Waals surface area contributed by atoms with Crippen molar-refractivity contribution < 1.29 is 14.1 Å². The Hall–Kier alpha value is -2.38. The molecule has 0 radical (unpaired) electrons. The molecule has 2 fully saturated rings. The van der Waals surface area contributed by atoms with Gasteiger partial charge in [0.15, 0.2) is 11.6 Å². The molecule has 1 aromatic carbocycles. The summed E-state index contributed by atoms with van der Waals surface area (Å²) < 4.78 is 11.1. The van der Waals surface area contributed by atoms with Gasteiger partial charge in [-0.05, 0) is 25.9 Å². The molecule has 1 amide bonds. The van der Waals surface area contributed by atoms with Crippen LogP contribution in [-0.2, 0) is 4.74 Å². The Balaban J connectivity index is 1.66. The van der Waals surface area contributed by atoms with Crippen molar-refractivity contribution in [2.45, 2.75) is 18.9 Å².